The molecule has 0 saturated carbocycles. The summed E-state index contributed by atoms with van der Waals surface area (Å²) in [6.07, 6.45) is 6.02. The molecule has 6 heteroatoms. The fraction of sp³-hybridized carbons (Fsp3) is 0.300. The largest absolute Gasteiger partial charge is 0.507 e. The second kappa shape index (κ2) is 10.6. The topological polar surface area (TPSA) is 70.9 Å². The number of halogens is 1. The second-order valence-electron chi connectivity index (χ2n) is 5.84. The van der Waals surface area contributed by atoms with Gasteiger partial charge < -0.3 is 9.84 Å². The van der Waals surface area contributed by atoms with E-state index in [1.165, 1.54) is 25.5 Å². The third-order valence-corrected chi connectivity index (χ3v) is 4.24. The first-order valence-electron chi connectivity index (χ1n) is 8.65. The fourth-order valence-corrected chi connectivity index (χ4v) is 2.65. The molecule has 0 atom stereocenters. The minimum Gasteiger partial charge on any atom is -0.507 e. The van der Waals surface area contributed by atoms with E-state index in [2.05, 4.69) is 33.4 Å². The molecule has 0 aliphatic carbocycles. The van der Waals surface area contributed by atoms with Gasteiger partial charge in [-0.15, -0.1) is 0 Å². The summed E-state index contributed by atoms with van der Waals surface area (Å²) in [4.78, 5) is 12.1. The second-order valence-corrected chi connectivity index (χ2v) is 6.75. The summed E-state index contributed by atoms with van der Waals surface area (Å²) in [6.45, 7) is 2.86. The molecule has 0 aromatic heterocycles. The molecule has 0 fully saturated rings. The number of nitrogens with zero attached hydrogens (tertiary/aromatic N) is 1. The maximum Gasteiger partial charge on any atom is 0.271 e. The first-order chi connectivity index (χ1) is 12.6. The van der Waals surface area contributed by atoms with Crippen LogP contribution in [0.1, 0.15) is 48.5 Å². The van der Waals surface area contributed by atoms with Gasteiger partial charge in [-0.3, -0.25) is 4.79 Å². The van der Waals surface area contributed by atoms with Gasteiger partial charge in [0.2, 0.25) is 0 Å². The van der Waals surface area contributed by atoms with Gasteiger partial charge in [0, 0.05) is 15.6 Å². The number of ether oxygens (including phenoxy) is 1. The summed E-state index contributed by atoms with van der Waals surface area (Å²) in [5, 5.41) is 13.6. The van der Waals surface area contributed by atoms with Crippen molar-refractivity contribution < 1.29 is 14.6 Å². The smallest absolute Gasteiger partial charge is 0.271 e. The first kappa shape index (κ1) is 20.0. The van der Waals surface area contributed by atoms with Gasteiger partial charge in [0.15, 0.2) is 0 Å². The number of phenols is 1. The lowest BCUT2D eigenvalue weighted by molar-refractivity contribution is 0.0955. The normalized spacial score (nSPS) is 10.8. The van der Waals surface area contributed by atoms with Crippen molar-refractivity contribution in [2.24, 2.45) is 5.10 Å². The lowest BCUT2D eigenvalue weighted by Crippen LogP contribution is -2.17. The van der Waals surface area contributed by atoms with E-state index in [0.717, 1.165) is 16.6 Å². The zero-order valence-electron chi connectivity index (χ0n) is 14.7. The summed E-state index contributed by atoms with van der Waals surface area (Å²) in [7, 11) is 0. The standard InChI is InChI=1S/C20H23BrN2O3/c1-2-3-4-5-12-26-18-9-6-15(7-10-18)20(25)23-22-14-16-13-17(21)8-11-19(16)24/h6-11,13-14,24H,2-5,12H2,1H3,(H,23,25)/b22-14+. The highest BCUT2D eigenvalue weighted by Gasteiger charge is 2.05. The lowest BCUT2D eigenvalue weighted by Gasteiger charge is -2.06. The van der Waals surface area contributed by atoms with Crippen LogP contribution in [0.3, 0.4) is 0 Å². The van der Waals surface area contributed by atoms with Crippen LogP contribution in [0.4, 0.5) is 0 Å². The van der Waals surface area contributed by atoms with E-state index in [4.69, 9.17) is 4.74 Å². The summed E-state index contributed by atoms with van der Waals surface area (Å²) in [5.74, 6) is 0.512. The number of hydrogen-bond acceptors (Lipinski definition) is 4. The van der Waals surface area contributed by atoms with Gasteiger partial charge in [0.05, 0.1) is 12.8 Å². The molecule has 5 nitrogen and oxygen atoms in total. The van der Waals surface area contributed by atoms with Gasteiger partial charge in [-0.1, -0.05) is 42.1 Å². The Balaban J connectivity index is 1.83. The zero-order valence-corrected chi connectivity index (χ0v) is 16.3. The molecule has 2 N–H and O–H groups in total. The van der Waals surface area contributed by atoms with Crippen LogP contribution in [-0.2, 0) is 0 Å². The monoisotopic (exact) mass is 418 g/mol. The molecule has 0 saturated heterocycles. The minimum atomic E-state index is -0.328. The Morgan fingerprint density at radius 3 is 2.69 bits per heavy atom. The van der Waals surface area contributed by atoms with Crippen molar-refractivity contribution in [3.8, 4) is 11.5 Å². The number of aromatic hydroxyl groups is 1. The number of amides is 1. The van der Waals surface area contributed by atoms with Crippen LogP contribution >= 0.6 is 15.9 Å². The predicted octanol–water partition coefficient (Wildman–Crippen LogP) is 4.88. The quantitative estimate of drug-likeness (QED) is 0.346. The average Bonchev–Trinajstić information content (AvgIpc) is 2.65. The van der Waals surface area contributed by atoms with Crippen molar-refractivity contribution >= 4 is 28.1 Å². The van der Waals surface area contributed by atoms with E-state index in [1.807, 2.05) is 0 Å². The van der Waals surface area contributed by atoms with Gasteiger partial charge in [-0.05, 0) is 48.9 Å². The molecule has 0 heterocycles. The van der Waals surface area contributed by atoms with Crippen LogP contribution in [-0.4, -0.2) is 23.8 Å². The molecule has 2 aromatic carbocycles. The molecule has 2 rings (SSSR count). The van der Waals surface area contributed by atoms with E-state index in [-0.39, 0.29) is 11.7 Å². The number of carbonyl (C=O) groups is 1. The number of phenolic OH excluding ortho intramolecular Hbond substituents is 1. The summed E-state index contributed by atoms with van der Waals surface area (Å²) in [6, 6.07) is 11.9. The molecule has 0 bridgehead atoms. The van der Waals surface area contributed by atoms with Gasteiger partial charge in [-0.2, -0.15) is 5.10 Å². The molecular formula is C20H23BrN2O3. The van der Waals surface area contributed by atoms with E-state index in [0.29, 0.717) is 17.7 Å². The molecule has 0 unspecified atom stereocenters. The average molecular weight is 419 g/mol. The Labute approximate surface area is 162 Å². The van der Waals surface area contributed by atoms with Crippen LogP contribution in [0.25, 0.3) is 0 Å². The van der Waals surface area contributed by atoms with E-state index in [1.54, 1.807) is 42.5 Å². The molecule has 2 aromatic rings. The van der Waals surface area contributed by atoms with Crippen LogP contribution in [0.15, 0.2) is 52.0 Å². The minimum absolute atomic E-state index is 0.0895. The van der Waals surface area contributed by atoms with Gasteiger partial charge in [-0.25, -0.2) is 5.43 Å². The summed E-state index contributed by atoms with van der Waals surface area (Å²) < 4.78 is 6.47. The molecule has 0 radical (unpaired) electrons. The maximum atomic E-state index is 12.1. The molecule has 0 aliphatic heterocycles. The van der Waals surface area contributed by atoms with Crippen LogP contribution in [0.2, 0.25) is 0 Å². The van der Waals surface area contributed by atoms with Gasteiger partial charge in [0.25, 0.3) is 5.91 Å². The Kier molecular flexibility index (Phi) is 8.15. The highest BCUT2D eigenvalue weighted by atomic mass is 79.9. The lowest BCUT2D eigenvalue weighted by atomic mass is 10.2. The maximum absolute atomic E-state index is 12.1. The number of rotatable bonds is 9. The fourth-order valence-electron chi connectivity index (χ4n) is 2.28. The zero-order chi connectivity index (χ0) is 18.8. The number of nitrogens with one attached hydrogen (secondary N) is 1. The molecule has 0 spiro atoms. The first-order valence-corrected chi connectivity index (χ1v) is 9.44. The number of hydrazone groups is 1. The molecule has 1 amide bonds. The number of unbranched alkanes of at least 4 members (excludes halogenated alkanes) is 3. The van der Waals surface area contributed by atoms with E-state index < -0.39 is 0 Å². The van der Waals surface area contributed by atoms with E-state index in [9.17, 15) is 9.90 Å². The molecule has 26 heavy (non-hydrogen) atoms. The number of hydrogen-bond donors (Lipinski definition) is 2. The van der Waals surface area contributed by atoms with Crippen molar-refractivity contribution in [3.63, 3.8) is 0 Å². The van der Waals surface area contributed by atoms with Crippen molar-refractivity contribution in [2.45, 2.75) is 32.6 Å². The van der Waals surface area contributed by atoms with Crippen molar-refractivity contribution in [1.82, 2.24) is 5.43 Å². The molecule has 138 valence electrons. The van der Waals surface area contributed by atoms with Crippen LogP contribution < -0.4 is 10.2 Å². The highest BCUT2D eigenvalue weighted by Crippen LogP contribution is 2.20. The van der Waals surface area contributed by atoms with Crippen molar-refractivity contribution in [3.05, 3.63) is 58.1 Å². The summed E-state index contributed by atoms with van der Waals surface area (Å²) >= 11 is 3.32. The van der Waals surface area contributed by atoms with Crippen LogP contribution in [0.5, 0.6) is 11.5 Å². The molecular weight excluding hydrogens is 396 g/mol. The van der Waals surface area contributed by atoms with Gasteiger partial charge in [0.1, 0.15) is 11.5 Å². The van der Waals surface area contributed by atoms with Crippen molar-refractivity contribution in [2.75, 3.05) is 6.61 Å². The van der Waals surface area contributed by atoms with Gasteiger partial charge >= 0.3 is 0 Å². The summed E-state index contributed by atoms with van der Waals surface area (Å²) in [5.41, 5.74) is 3.43. The SMILES string of the molecule is CCCCCCOc1ccc(C(=O)N/N=C/c2cc(Br)ccc2O)cc1. The highest BCUT2D eigenvalue weighted by molar-refractivity contribution is 9.10. The predicted molar refractivity (Wildman–Crippen MR) is 107 cm³/mol. The molecule has 0 aliphatic rings. The van der Waals surface area contributed by atoms with Crippen molar-refractivity contribution in [1.29, 1.82) is 0 Å². The third kappa shape index (κ3) is 6.52. The third-order valence-electron chi connectivity index (χ3n) is 3.74. The van der Waals surface area contributed by atoms with E-state index >= 15 is 0 Å². The Hall–Kier alpha value is -2.34. The Bertz CT molecular complexity index is 745. The number of benzene rings is 2. The number of carbonyl (C=O) groups excluding carboxylic acids is 1. The Morgan fingerprint density at radius 1 is 1.19 bits per heavy atom. The Morgan fingerprint density at radius 2 is 1.96 bits per heavy atom. The van der Waals surface area contributed by atoms with Crippen LogP contribution in [0, 0.1) is 0 Å².